The average molecular weight is 440 g/mol. The molecular weight excluding hydrogens is 412 g/mol. The third kappa shape index (κ3) is 6.95. The molecule has 0 aliphatic heterocycles. The predicted molar refractivity (Wildman–Crippen MR) is 119 cm³/mol. The van der Waals surface area contributed by atoms with Crippen LogP contribution in [-0.4, -0.2) is 48.4 Å². The lowest BCUT2D eigenvalue weighted by molar-refractivity contribution is -0.148. The minimum absolute atomic E-state index is 0.0174. The molecule has 32 heavy (non-hydrogen) atoms. The molecular formula is C24H28N2O6. The number of esters is 1. The van der Waals surface area contributed by atoms with Crippen LogP contribution in [0.1, 0.15) is 24.0 Å². The largest absolute Gasteiger partial charge is 0.467 e. The molecule has 2 aromatic carbocycles. The molecule has 0 heterocycles. The van der Waals surface area contributed by atoms with Crippen molar-refractivity contribution in [2.24, 2.45) is 0 Å². The first-order chi connectivity index (χ1) is 15.4. The highest BCUT2D eigenvalue weighted by atomic mass is 16.5. The Hall–Kier alpha value is -3.65. The normalized spacial score (nSPS) is 14.2. The summed E-state index contributed by atoms with van der Waals surface area (Å²) in [5, 5.41) is 14.9. The van der Waals surface area contributed by atoms with Crippen molar-refractivity contribution in [3.05, 3.63) is 84.4 Å². The third-order valence-electron chi connectivity index (χ3n) is 4.80. The fourth-order valence-corrected chi connectivity index (χ4v) is 3.10. The van der Waals surface area contributed by atoms with Gasteiger partial charge in [-0.25, -0.2) is 9.59 Å². The van der Waals surface area contributed by atoms with E-state index in [4.69, 9.17) is 4.74 Å². The summed E-state index contributed by atoms with van der Waals surface area (Å²) >= 11 is 0. The number of ether oxygens (including phenoxy) is 2. The van der Waals surface area contributed by atoms with Gasteiger partial charge in [-0.05, 0) is 18.1 Å². The van der Waals surface area contributed by atoms with Crippen molar-refractivity contribution in [2.75, 3.05) is 7.11 Å². The molecule has 4 atom stereocenters. The van der Waals surface area contributed by atoms with Crippen molar-refractivity contribution in [1.82, 2.24) is 10.6 Å². The average Bonchev–Trinajstić information content (AvgIpc) is 2.81. The van der Waals surface area contributed by atoms with Gasteiger partial charge in [-0.15, -0.1) is 6.58 Å². The molecule has 0 unspecified atom stereocenters. The molecule has 3 N–H and O–H groups in total. The van der Waals surface area contributed by atoms with Crippen molar-refractivity contribution in [3.63, 3.8) is 0 Å². The Morgan fingerprint density at radius 2 is 1.59 bits per heavy atom. The van der Waals surface area contributed by atoms with Crippen LogP contribution in [0.5, 0.6) is 0 Å². The number of alkyl carbamates (subject to hydrolysis) is 1. The van der Waals surface area contributed by atoms with Gasteiger partial charge in [0.1, 0.15) is 12.6 Å². The first kappa shape index (κ1) is 24.6. The van der Waals surface area contributed by atoms with E-state index in [1.807, 2.05) is 24.3 Å². The fraction of sp³-hybridized carbons (Fsp3) is 0.292. The van der Waals surface area contributed by atoms with Gasteiger partial charge in [0, 0.05) is 5.92 Å². The number of rotatable bonds is 10. The Kier molecular flexibility index (Phi) is 9.43. The number of aliphatic hydroxyl groups excluding tert-OH is 1. The van der Waals surface area contributed by atoms with Crippen molar-refractivity contribution in [1.29, 1.82) is 0 Å². The van der Waals surface area contributed by atoms with Crippen LogP contribution in [-0.2, 0) is 25.7 Å². The molecule has 0 aliphatic rings. The van der Waals surface area contributed by atoms with Crippen molar-refractivity contribution in [2.45, 2.75) is 37.6 Å². The molecule has 2 rings (SSSR count). The van der Waals surface area contributed by atoms with E-state index < -0.39 is 42.1 Å². The molecule has 8 nitrogen and oxygen atoms in total. The number of carbonyl (C=O) groups excluding carboxylic acids is 3. The van der Waals surface area contributed by atoms with E-state index >= 15 is 0 Å². The van der Waals surface area contributed by atoms with Crippen LogP contribution in [0.3, 0.4) is 0 Å². The van der Waals surface area contributed by atoms with E-state index in [1.54, 1.807) is 36.4 Å². The monoisotopic (exact) mass is 440 g/mol. The van der Waals surface area contributed by atoms with Gasteiger partial charge in [-0.1, -0.05) is 66.7 Å². The highest BCUT2D eigenvalue weighted by molar-refractivity contribution is 5.91. The van der Waals surface area contributed by atoms with E-state index in [0.29, 0.717) is 0 Å². The summed E-state index contributed by atoms with van der Waals surface area (Å²) in [4.78, 5) is 37.6. The van der Waals surface area contributed by atoms with Gasteiger partial charge < -0.3 is 25.2 Å². The third-order valence-corrected chi connectivity index (χ3v) is 4.80. The molecule has 170 valence electrons. The maximum Gasteiger partial charge on any atom is 0.408 e. The minimum Gasteiger partial charge on any atom is -0.467 e. The summed E-state index contributed by atoms with van der Waals surface area (Å²) < 4.78 is 9.90. The second-order valence-electron chi connectivity index (χ2n) is 7.11. The summed E-state index contributed by atoms with van der Waals surface area (Å²) in [6.45, 7) is 5.16. The summed E-state index contributed by atoms with van der Waals surface area (Å²) in [6.07, 6.45) is -0.508. The predicted octanol–water partition coefficient (Wildman–Crippen LogP) is 2.29. The molecule has 0 spiro atoms. The molecule has 2 aromatic rings. The summed E-state index contributed by atoms with van der Waals surface area (Å²) in [5.74, 6) is -2.15. The van der Waals surface area contributed by atoms with Crippen LogP contribution in [0.25, 0.3) is 0 Å². The smallest absolute Gasteiger partial charge is 0.408 e. The van der Waals surface area contributed by atoms with Crippen LogP contribution >= 0.6 is 0 Å². The zero-order valence-electron chi connectivity index (χ0n) is 18.1. The van der Waals surface area contributed by atoms with E-state index in [9.17, 15) is 19.5 Å². The number of aliphatic hydroxyl groups is 1. The fourth-order valence-electron chi connectivity index (χ4n) is 3.10. The second kappa shape index (κ2) is 12.3. The quantitative estimate of drug-likeness (QED) is 0.386. The molecule has 0 saturated heterocycles. The van der Waals surface area contributed by atoms with E-state index in [2.05, 4.69) is 21.9 Å². The summed E-state index contributed by atoms with van der Waals surface area (Å²) in [5.41, 5.74) is 1.50. The molecule has 0 bridgehead atoms. The van der Waals surface area contributed by atoms with Gasteiger partial charge in [0.2, 0.25) is 5.91 Å². The van der Waals surface area contributed by atoms with Gasteiger partial charge >= 0.3 is 12.1 Å². The lowest BCUT2D eigenvalue weighted by Gasteiger charge is -2.27. The van der Waals surface area contributed by atoms with Crippen LogP contribution in [0.2, 0.25) is 0 Å². The van der Waals surface area contributed by atoms with Gasteiger partial charge in [-0.3, -0.25) is 4.79 Å². The van der Waals surface area contributed by atoms with Gasteiger partial charge in [0.25, 0.3) is 0 Å². The topological polar surface area (TPSA) is 114 Å². The Morgan fingerprint density at radius 3 is 2.12 bits per heavy atom. The highest BCUT2D eigenvalue weighted by Gasteiger charge is 2.34. The first-order valence-corrected chi connectivity index (χ1v) is 10.1. The zero-order valence-corrected chi connectivity index (χ0v) is 18.1. The minimum atomic E-state index is -1.31. The van der Waals surface area contributed by atoms with E-state index in [1.165, 1.54) is 13.0 Å². The maximum atomic E-state index is 13.1. The van der Waals surface area contributed by atoms with Gasteiger partial charge in [0.05, 0.1) is 13.2 Å². The highest BCUT2D eigenvalue weighted by Crippen LogP contribution is 2.22. The van der Waals surface area contributed by atoms with Crippen LogP contribution in [0.15, 0.2) is 73.3 Å². The van der Waals surface area contributed by atoms with Crippen LogP contribution in [0, 0.1) is 0 Å². The Bertz CT molecular complexity index is 901. The number of methoxy groups -OCH3 is 1. The lowest BCUT2D eigenvalue weighted by Crippen LogP contribution is -2.56. The van der Waals surface area contributed by atoms with E-state index in [-0.39, 0.29) is 6.61 Å². The Morgan fingerprint density at radius 1 is 1.00 bits per heavy atom. The zero-order chi connectivity index (χ0) is 23.5. The van der Waals surface area contributed by atoms with Crippen molar-refractivity contribution >= 4 is 18.0 Å². The maximum absolute atomic E-state index is 13.1. The number of carbonyl (C=O) groups is 3. The van der Waals surface area contributed by atoms with Crippen LogP contribution in [0.4, 0.5) is 4.79 Å². The standard InChI is InChI=1S/C24H28N2O6/c1-4-19(18-13-9-6-10-14-18)21(22(28)25-20(16(2)27)23(29)31-3)26-24(30)32-15-17-11-7-5-8-12-17/h4-14,16,19-21,27H,1,15H2,2-3H3,(H,25,28)(H,26,30)/t16-,19-,20+,21-/m1/s1. The molecule has 0 aliphatic carbocycles. The molecule has 0 radical (unpaired) electrons. The number of nitrogens with one attached hydrogen (secondary N) is 2. The first-order valence-electron chi connectivity index (χ1n) is 10.1. The summed E-state index contributed by atoms with van der Waals surface area (Å²) in [6, 6.07) is 15.6. The Labute approximate surface area is 187 Å². The molecule has 2 amide bonds. The van der Waals surface area contributed by atoms with Gasteiger partial charge in [-0.2, -0.15) is 0 Å². The number of hydrogen-bond acceptors (Lipinski definition) is 6. The SMILES string of the molecule is C=C[C@H](c1ccccc1)[C@@H](NC(=O)OCc1ccccc1)C(=O)N[C@H](C(=O)OC)[C@@H](C)O. The molecule has 0 fully saturated rings. The molecule has 0 aromatic heterocycles. The number of benzene rings is 2. The van der Waals surface area contributed by atoms with Gasteiger partial charge in [0.15, 0.2) is 6.04 Å². The lowest BCUT2D eigenvalue weighted by atomic mass is 9.90. The Balaban J connectivity index is 2.23. The van der Waals surface area contributed by atoms with E-state index in [0.717, 1.165) is 18.2 Å². The number of hydrogen-bond donors (Lipinski definition) is 3. The van der Waals surface area contributed by atoms with Crippen LogP contribution < -0.4 is 10.6 Å². The number of amides is 2. The molecule has 0 saturated carbocycles. The van der Waals surface area contributed by atoms with Crippen molar-refractivity contribution < 1.29 is 29.0 Å². The second-order valence-corrected chi connectivity index (χ2v) is 7.11. The molecule has 8 heteroatoms. The summed E-state index contributed by atoms with van der Waals surface area (Å²) in [7, 11) is 1.15. The van der Waals surface area contributed by atoms with Crippen molar-refractivity contribution in [3.8, 4) is 0 Å².